The molecule has 1 amide bonds. The van der Waals surface area contributed by atoms with Gasteiger partial charge in [-0.25, -0.2) is 12.8 Å². The molecule has 4 aromatic rings. The number of anilines is 1. The first-order chi connectivity index (χ1) is 20.1. The Bertz CT molecular complexity index is 1720. The number of sulfonamides is 1. The van der Waals surface area contributed by atoms with Gasteiger partial charge in [0.25, 0.3) is 5.91 Å². The maximum atomic E-state index is 13.6. The Morgan fingerprint density at radius 2 is 1.83 bits per heavy atom. The van der Waals surface area contributed by atoms with E-state index in [1.165, 1.54) is 56.6 Å². The van der Waals surface area contributed by atoms with E-state index in [0.29, 0.717) is 33.2 Å². The van der Waals surface area contributed by atoms with Gasteiger partial charge in [0, 0.05) is 30.8 Å². The molecule has 0 atom stereocenters. The Balaban J connectivity index is 1.50. The van der Waals surface area contributed by atoms with Gasteiger partial charge in [0.2, 0.25) is 10.0 Å². The summed E-state index contributed by atoms with van der Waals surface area (Å²) >= 11 is 0. The highest BCUT2D eigenvalue weighted by Crippen LogP contribution is 2.45. The second-order valence-corrected chi connectivity index (χ2v) is 11.8. The van der Waals surface area contributed by atoms with E-state index < -0.39 is 23.0 Å². The zero-order chi connectivity index (χ0) is 30.0. The molecular formula is C29H30BFN2O8S. The molecule has 1 aliphatic carbocycles. The number of amides is 1. The number of halogens is 1. The van der Waals surface area contributed by atoms with Gasteiger partial charge in [0.15, 0.2) is 0 Å². The normalized spacial score (nSPS) is 13.4. The highest BCUT2D eigenvalue weighted by atomic mass is 32.2. The third kappa shape index (κ3) is 6.50. The van der Waals surface area contributed by atoms with Crippen LogP contribution in [0.5, 0.6) is 0 Å². The summed E-state index contributed by atoms with van der Waals surface area (Å²) < 4.78 is 59.2. The number of fused-ring (bicyclic) bond motifs is 1. The number of carbonyl (C=O) groups excluding carboxylic acids is 1. The van der Waals surface area contributed by atoms with Crippen LogP contribution in [0.3, 0.4) is 0 Å². The maximum absolute atomic E-state index is 13.6. The SMILES string of the molecule is CNC(=O)c1c(-c2ccc(F)cc2)oc2cc(CS(=O)(=O)Nc3ccc(B(O)O)c(COCOC)c3)c(C3CC3)cc12. The fraction of sp³-hybridized carbons (Fsp3) is 0.276. The fourth-order valence-corrected chi connectivity index (χ4v) is 6.18. The predicted octanol–water partition coefficient (Wildman–Crippen LogP) is 3.22. The average Bonchev–Trinajstić information content (AvgIpc) is 3.73. The second-order valence-electron chi connectivity index (χ2n) is 10.1. The van der Waals surface area contributed by atoms with Crippen molar-refractivity contribution in [2.75, 3.05) is 25.7 Å². The highest BCUT2D eigenvalue weighted by molar-refractivity contribution is 7.91. The van der Waals surface area contributed by atoms with Crippen LogP contribution in [0.25, 0.3) is 22.3 Å². The number of carbonyl (C=O) groups is 1. The van der Waals surface area contributed by atoms with Crippen LogP contribution in [-0.4, -0.2) is 52.4 Å². The third-order valence-corrected chi connectivity index (χ3v) is 8.26. The zero-order valence-corrected chi connectivity index (χ0v) is 23.8. The van der Waals surface area contributed by atoms with Crippen LogP contribution < -0.4 is 15.5 Å². The number of hydrogen-bond donors (Lipinski definition) is 4. The first kappa shape index (κ1) is 29.7. The van der Waals surface area contributed by atoms with Crippen molar-refractivity contribution in [3.8, 4) is 11.3 Å². The smallest absolute Gasteiger partial charge is 0.455 e. The number of methoxy groups -OCH3 is 1. The van der Waals surface area contributed by atoms with Crippen molar-refractivity contribution >= 4 is 45.2 Å². The summed E-state index contributed by atoms with van der Waals surface area (Å²) in [5.41, 5.74) is 3.28. The standard InChI is InChI=1S/C29H30BFN2O8S/c1-32-29(34)27-24-13-23(17-3-4-17)20(12-26(24)41-28(27)18-5-7-21(31)8-6-18)15-42(37,38)33-22-9-10-25(30(35)36)19(11-22)14-40-16-39-2/h5-13,17,33,35-36H,3-4,14-16H2,1-2H3,(H,32,34). The molecule has 1 aliphatic rings. The van der Waals surface area contributed by atoms with Gasteiger partial charge in [-0.1, -0.05) is 6.07 Å². The summed E-state index contributed by atoms with van der Waals surface area (Å²) in [5.74, 6) is -0.756. The van der Waals surface area contributed by atoms with E-state index in [4.69, 9.17) is 13.9 Å². The van der Waals surface area contributed by atoms with Crippen molar-refractivity contribution in [3.63, 3.8) is 0 Å². The van der Waals surface area contributed by atoms with Crippen LogP contribution in [0, 0.1) is 5.82 Å². The van der Waals surface area contributed by atoms with Gasteiger partial charge in [0.05, 0.1) is 17.9 Å². The van der Waals surface area contributed by atoms with Crippen molar-refractivity contribution in [1.82, 2.24) is 5.32 Å². The molecule has 0 spiro atoms. The molecule has 0 bridgehead atoms. The molecule has 220 valence electrons. The minimum atomic E-state index is -3.94. The van der Waals surface area contributed by atoms with E-state index in [0.717, 1.165) is 18.4 Å². The van der Waals surface area contributed by atoms with Gasteiger partial charge in [0.1, 0.15) is 24.0 Å². The molecule has 1 aromatic heterocycles. The van der Waals surface area contributed by atoms with E-state index in [-0.39, 0.29) is 47.9 Å². The van der Waals surface area contributed by atoms with Crippen molar-refractivity contribution < 1.29 is 41.5 Å². The molecule has 1 heterocycles. The largest absolute Gasteiger partial charge is 0.488 e. The van der Waals surface area contributed by atoms with E-state index >= 15 is 0 Å². The van der Waals surface area contributed by atoms with E-state index in [1.807, 2.05) is 6.07 Å². The van der Waals surface area contributed by atoms with Crippen molar-refractivity contribution in [2.45, 2.75) is 31.1 Å². The number of hydrogen-bond acceptors (Lipinski definition) is 8. The fourth-order valence-electron chi connectivity index (χ4n) is 4.96. The van der Waals surface area contributed by atoms with Crippen LogP contribution in [0.1, 0.15) is 45.8 Å². The summed E-state index contributed by atoms with van der Waals surface area (Å²) in [7, 11) is -2.75. The summed E-state index contributed by atoms with van der Waals surface area (Å²) in [4.78, 5) is 12.9. The predicted molar refractivity (Wildman–Crippen MR) is 156 cm³/mol. The van der Waals surface area contributed by atoms with Crippen molar-refractivity contribution in [2.24, 2.45) is 0 Å². The van der Waals surface area contributed by atoms with Crippen LogP contribution in [0.4, 0.5) is 10.1 Å². The van der Waals surface area contributed by atoms with Gasteiger partial charge in [-0.05, 0) is 89.4 Å². The zero-order valence-electron chi connectivity index (χ0n) is 23.0. The lowest BCUT2D eigenvalue weighted by molar-refractivity contribution is -0.0388. The Morgan fingerprint density at radius 1 is 1.10 bits per heavy atom. The lowest BCUT2D eigenvalue weighted by Crippen LogP contribution is -2.33. The molecule has 10 nitrogen and oxygen atoms in total. The van der Waals surface area contributed by atoms with Crippen LogP contribution in [-0.2, 0) is 31.9 Å². The van der Waals surface area contributed by atoms with Gasteiger partial charge in [-0.2, -0.15) is 0 Å². The van der Waals surface area contributed by atoms with Crippen molar-refractivity contribution in [1.29, 1.82) is 0 Å². The summed E-state index contributed by atoms with van der Waals surface area (Å²) in [6.45, 7) is -0.0535. The Labute approximate surface area is 242 Å². The molecular weight excluding hydrogens is 566 g/mol. The molecule has 4 N–H and O–H groups in total. The van der Waals surface area contributed by atoms with Gasteiger partial charge in [-0.3, -0.25) is 9.52 Å². The Kier molecular flexibility index (Phi) is 8.67. The lowest BCUT2D eigenvalue weighted by Gasteiger charge is -2.15. The van der Waals surface area contributed by atoms with Crippen LogP contribution in [0.15, 0.2) is 59.0 Å². The summed E-state index contributed by atoms with van der Waals surface area (Å²) in [6.07, 6.45) is 1.78. The third-order valence-electron chi connectivity index (χ3n) is 7.03. The second kappa shape index (κ2) is 12.2. The molecule has 1 saturated carbocycles. The Morgan fingerprint density at radius 3 is 2.48 bits per heavy atom. The quantitative estimate of drug-likeness (QED) is 0.111. The molecule has 5 rings (SSSR count). The molecule has 13 heteroatoms. The maximum Gasteiger partial charge on any atom is 0.488 e. The van der Waals surface area contributed by atoms with Gasteiger partial charge < -0.3 is 29.3 Å². The molecule has 0 unspecified atom stereocenters. The Hall–Kier alpha value is -3.75. The number of rotatable bonds is 12. The number of furan rings is 1. The monoisotopic (exact) mass is 596 g/mol. The topological polar surface area (TPSA) is 147 Å². The highest BCUT2D eigenvalue weighted by Gasteiger charge is 2.31. The number of benzene rings is 3. The van der Waals surface area contributed by atoms with E-state index in [2.05, 4.69) is 10.0 Å². The van der Waals surface area contributed by atoms with Gasteiger partial charge >= 0.3 is 7.12 Å². The first-order valence-electron chi connectivity index (χ1n) is 13.2. The van der Waals surface area contributed by atoms with E-state index in [1.54, 1.807) is 6.07 Å². The minimum absolute atomic E-state index is 0.0264. The molecule has 42 heavy (non-hydrogen) atoms. The van der Waals surface area contributed by atoms with Crippen LogP contribution >= 0.6 is 0 Å². The molecule has 0 radical (unpaired) electrons. The van der Waals surface area contributed by atoms with Crippen LogP contribution in [0.2, 0.25) is 0 Å². The molecule has 1 fully saturated rings. The average molecular weight is 596 g/mol. The summed E-state index contributed by atoms with van der Waals surface area (Å²) in [5, 5.41) is 22.6. The molecule has 0 saturated heterocycles. The number of nitrogens with one attached hydrogen (secondary N) is 2. The van der Waals surface area contributed by atoms with E-state index in [9.17, 15) is 27.7 Å². The number of ether oxygens (including phenoxy) is 2. The van der Waals surface area contributed by atoms with Gasteiger partial charge in [-0.15, -0.1) is 0 Å². The molecule has 3 aromatic carbocycles. The molecule has 0 aliphatic heterocycles. The summed E-state index contributed by atoms with van der Waals surface area (Å²) in [6, 6.07) is 13.4. The lowest BCUT2D eigenvalue weighted by atomic mass is 9.77. The first-order valence-corrected chi connectivity index (χ1v) is 14.9. The minimum Gasteiger partial charge on any atom is -0.455 e. The van der Waals surface area contributed by atoms with Crippen molar-refractivity contribution in [3.05, 3.63) is 82.7 Å².